The van der Waals surface area contributed by atoms with Gasteiger partial charge >= 0.3 is 6.18 Å². The minimum atomic E-state index is -4.49. The molecule has 1 aromatic carbocycles. The van der Waals surface area contributed by atoms with Crippen molar-refractivity contribution >= 4 is 17.5 Å². The van der Waals surface area contributed by atoms with E-state index >= 15 is 0 Å². The third-order valence-corrected chi connectivity index (χ3v) is 3.39. The lowest BCUT2D eigenvalue weighted by Gasteiger charge is -2.18. The number of aliphatic hydroxyl groups is 1. The molecule has 120 valence electrons. The van der Waals surface area contributed by atoms with Crippen LogP contribution in [0.15, 0.2) is 24.3 Å². The van der Waals surface area contributed by atoms with Crippen LogP contribution in [0.3, 0.4) is 0 Å². The lowest BCUT2D eigenvalue weighted by Crippen LogP contribution is -2.34. The second-order valence-corrected chi connectivity index (χ2v) is 4.97. The van der Waals surface area contributed by atoms with E-state index in [9.17, 15) is 22.8 Å². The Morgan fingerprint density at radius 3 is 2.77 bits per heavy atom. The van der Waals surface area contributed by atoms with Gasteiger partial charge in [0.05, 0.1) is 18.1 Å². The van der Waals surface area contributed by atoms with Crippen molar-refractivity contribution in [3.8, 4) is 0 Å². The van der Waals surface area contributed by atoms with Crippen LogP contribution in [0.2, 0.25) is 0 Å². The molecule has 1 aliphatic heterocycles. The van der Waals surface area contributed by atoms with Gasteiger partial charge in [0.15, 0.2) is 0 Å². The van der Waals surface area contributed by atoms with Crippen molar-refractivity contribution in [1.29, 1.82) is 0 Å². The van der Waals surface area contributed by atoms with E-state index in [4.69, 9.17) is 5.11 Å². The number of halogens is 3. The predicted molar refractivity (Wildman–Crippen MR) is 72.0 cm³/mol. The molecule has 1 saturated heterocycles. The number of amides is 2. The van der Waals surface area contributed by atoms with Gasteiger partial charge in [-0.05, 0) is 18.2 Å². The van der Waals surface area contributed by atoms with Gasteiger partial charge in [0, 0.05) is 25.2 Å². The number of anilines is 1. The number of carbonyl (C=O) groups is 2. The lowest BCUT2D eigenvalue weighted by molar-refractivity contribution is -0.137. The van der Waals surface area contributed by atoms with E-state index in [1.165, 1.54) is 17.0 Å². The molecular formula is C14H15F3N2O3. The molecule has 5 nitrogen and oxygen atoms in total. The fraction of sp³-hybridized carbons (Fsp3) is 0.429. The van der Waals surface area contributed by atoms with Gasteiger partial charge in [-0.15, -0.1) is 0 Å². The Labute approximate surface area is 124 Å². The topological polar surface area (TPSA) is 69.6 Å². The van der Waals surface area contributed by atoms with E-state index in [2.05, 4.69) is 5.32 Å². The summed E-state index contributed by atoms with van der Waals surface area (Å²) in [4.78, 5) is 24.9. The number of hydrogen-bond acceptors (Lipinski definition) is 3. The molecule has 1 fully saturated rings. The summed E-state index contributed by atoms with van der Waals surface area (Å²) in [6.07, 6.45) is -4.55. The highest BCUT2D eigenvalue weighted by molar-refractivity contribution is 6.00. The van der Waals surface area contributed by atoms with Crippen LogP contribution in [0.4, 0.5) is 18.9 Å². The zero-order valence-corrected chi connectivity index (χ0v) is 11.6. The molecule has 2 N–H and O–H groups in total. The average Bonchev–Trinajstić information content (AvgIpc) is 2.86. The van der Waals surface area contributed by atoms with Crippen molar-refractivity contribution < 1.29 is 27.9 Å². The molecule has 1 aromatic rings. The first-order chi connectivity index (χ1) is 10.3. The molecule has 1 aliphatic rings. The van der Waals surface area contributed by atoms with Gasteiger partial charge in [-0.2, -0.15) is 13.2 Å². The number of benzene rings is 1. The van der Waals surface area contributed by atoms with Crippen LogP contribution < -0.4 is 10.2 Å². The molecule has 0 unspecified atom stereocenters. The van der Waals surface area contributed by atoms with Gasteiger partial charge in [0.1, 0.15) is 0 Å². The standard InChI is InChI=1S/C14H15F3N2O3/c15-14(16,17)10-2-1-3-11(7-10)19-8-9(6-12(19)21)13(22)18-4-5-20/h1-3,7,9,20H,4-6,8H2,(H,18,22)/t9-/m0/s1. The maximum atomic E-state index is 12.7. The van der Waals surface area contributed by atoms with Gasteiger partial charge in [-0.25, -0.2) is 0 Å². The first kappa shape index (κ1) is 16.3. The fourth-order valence-corrected chi connectivity index (χ4v) is 2.31. The molecule has 0 radical (unpaired) electrons. The summed E-state index contributed by atoms with van der Waals surface area (Å²) < 4.78 is 38.1. The van der Waals surface area contributed by atoms with E-state index in [-0.39, 0.29) is 31.8 Å². The van der Waals surface area contributed by atoms with E-state index in [1.807, 2.05) is 0 Å². The Morgan fingerprint density at radius 2 is 2.14 bits per heavy atom. The van der Waals surface area contributed by atoms with Crippen molar-refractivity contribution in [3.63, 3.8) is 0 Å². The number of carbonyl (C=O) groups excluding carboxylic acids is 2. The number of aliphatic hydroxyl groups excluding tert-OH is 1. The Bertz CT molecular complexity index is 575. The van der Waals surface area contributed by atoms with Crippen LogP contribution in [0.5, 0.6) is 0 Å². The summed E-state index contributed by atoms with van der Waals surface area (Å²) in [5, 5.41) is 11.1. The second-order valence-electron chi connectivity index (χ2n) is 4.97. The van der Waals surface area contributed by atoms with E-state index in [1.54, 1.807) is 0 Å². The third-order valence-electron chi connectivity index (χ3n) is 3.39. The summed E-state index contributed by atoms with van der Waals surface area (Å²) >= 11 is 0. The molecular weight excluding hydrogens is 301 g/mol. The zero-order valence-electron chi connectivity index (χ0n) is 11.6. The summed E-state index contributed by atoms with van der Waals surface area (Å²) in [6, 6.07) is 4.45. The number of hydrogen-bond donors (Lipinski definition) is 2. The highest BCUT2D eigenvalue weighted by atomic mass is 19.4. The largest absolute Gasteiger partial charge is 0.416 e. The molecule has 2 rings (SSSR count). The minimum absolute atomic E-state index is 0.0252. The Morgan fingerprint density at radius 1 is 1.41 bits per heavy atom. The average molecular weight is 316 g/mol. The summed E-state index contributed by atoms with van der Waals surface area (Å²) in [5.41, 5.74) is -0.719. The monoisotopic (exact) mass is 316 g/mol. The lowest BCUT2D eigenvalue weighted by atomic mass is 10.1. The van der Waals surface area contributed by atoms with Gasteiger partial charge in [0.25, 0.3) is 0 Å². The van der Waals surface area contributed by atoms with Crippen molar-refractivity contribution in [3.05, 3.63) is 29.8 Å². The molecule has 2 amide bonds. The summed E-state index contributed by atoms with van der Waals surface area (Å²) in [6.45, 7) is -0.117. The van der Waals surface area contributed by atoms with E-state index in [0.717, 1.165) is 12.1 Å². The predicted octanol–water partition coefficient (Wildman–Crippen LogP) is 1.17. The number of nitrogens with zero attached hydrogens (tertiary/aromatic N) is 1. The van der Waals surface area contributed by atoms with E-state index < -0.39 is 29.5 Å². The van der Waals surface area contributed by atoms with Crippen molar-refractivity contribution in [2.75, 3.05) is 24.6 Å². The van der Waals surface area contributed by atoms with Crippen LogP contribution in [0, 0.1) is 5.92 Å². The highest BCUT2D eigenvalue weighted by Crippen LogP contribution is 2.33. The number of rotatable bonds is 4. The summed E-state index contributed by atoms with van der Waals surface area (Å²) in [5.74, 6) is -1.42. The second kappa shape index (κ2) is 6.35. The van der Waals surface area contributed by atoms with Crippen LogP contribution in [-0.4, -0.2) is 36.6 Å². The molecule has 0 saturated carbocycles. The normalized spacial score (nSPS) is 18.6. The van der Waals surface area contributed by atoms with Gasteiger partial charge in [0.2, 0.25) is 11.8 Å². The fourth-order valence-electron chi connectivity index (χ4n) is 2.31. The quantitative estimate of drug-likeness (QED) is 0.876. The Kier molecular flexibility index (Phi) is 4.70. The number of nitrogens with one attached hydrogen (secondary N) is 1. The third kappa shape index (κ3) is 3.56. The molecule has 0 spiro atoms. The van der Waals surface area contributed by atoms with E-state index in [0.29, 0.717) is 0 Å². The van der Waals surface area contributed by atoms with Crippen LogP contribution in [0.25, 0.3) is 0 Å². The summed E-state index contributed by atoms with van der Waals surface area (Å²) in [7, 11) is 0. The van der Waals surface area contributed by atoms with Crippen LogP contribution in [0.1, 0.15) is 12.0 Å². The smallest absolute Gasteiger partial charge is 0.395 e. The van der Waals surface area contributed by atoms with Gasteiger partial charge < -0.3 is 15.3 Å². The van der Waals surface area contributed by atoms with Crippen molar-refractivity contribution in [1.82, 2.24) is 5.32 Å². The zero-order chi connectivity index (χ0) is 16.3. The molecule has 1 atom stereocenters. The molecule has 0 aromatic heterocycles. The molecule has 22 heavy (non-hydrogen) atoms. The van der Waals surface area contributed by atoms with Crippen molar-refractivity contribution in [2.45, 2.75) is 12.6 Å². The highest BCUT2D eigenvalue weighted by Gasteiger charge is 2.36. The number of alkyl halides is 3. The Balaban J connectivity index is 2.13. The van der Waals surface area contributed by atoms with Crippen LogP contribution in [-0.2, 0) is 15.8 Å². The van der Waals surface area contributed by atoms with Gasteiger partial charge in [-0.3, -0.25) is 9.59 Å². The minimum Gasteiger partial charge on any atom is -0.395 e. The Hall–Kier alpha value is -2.09. The van der Waals surface area contributed by atoms with Crippen molar-refractivity contribution in [2.24, 2.45) is 5.92 Å². The molecule has 1 heterocycles. The SMILES string of the molecule is O=C(NCCO)[C@H]1CC(=O)N(c2cccc(C(F)(F)F)c2)C1. The van der Waals surface area contributed by atoms with Crippen LogP contribution >= 0.6 is 0 Å². The maximum absolute atomic E-state index is 12.7. The molecule has 0 bridgehead atoms. The first-order valence-electron chi connectivity index (χ1n) is 6.69. The maximum Gasteiger partial charge on any atom is 0.416 e. The first-order valence-corrected chi connectivity index (χ1v) is 6.69. The van der Waals surface area contributed by atoms with Gasteiger partial charge in [-0.1, -0.05) is 6.07 Å². The molecule has 8 heteroatoms. The molecule has 0 aliphatic carbocycles.